The van der Waals surface area contributed by atoms with E-state index in [0.29, 0.717) is 17.1 Å². The minimum atomic E-state index is -3.79. The predicted octanol–water partition coefficient (Wildman–Crippen LogP) is 4.95. The smallest absolute Gasteiger partial charge is 0.244 e. The van der Waals surface area contributed by atoms with Crippen molar-refractivity contribution in [1.29, 1.82) is 0 Å². The van der Waals surface area contributed by atoms with E-state index in [1.807, 2.05) is 53.7 Å². The van der Waals surface area contributed by atoms with E-state index in [4.69, 9.17) is 11.6 Å². The Hall–Kier alpha value is -2.58. The number of amides is 2. The van der Waals surface area contributed by atoms with Crippen LogP contribution in [0.4, 0.5) is 5.69 Å². The van der Waals surface area contributed by atoms with Crippen LogP contribution in [0.25, 0.3) is 0 Å². The second-order valence-electron chi connectivity index (χ2n) is 10.3. The number of rotatable bonds is 10. The standard InChI is InChI=1S/C27H38ClN3O4S/c1-8-23(26(33)29-27(4,5)6)30(17-20-13-15-21(28)16-14-20)25(32)18-31(36(7,34)35)24-12-10-9-11-22(24)19(2)3/h9-16,19,23H,8,17-18H2,1-7H3,(H,29,33)/t23-/m0/s1. The molecule has 0 aliphatic rings. The molecule has 0 aliphatic heterocycles. The number of sulfonamides is 1. The van der Waals surface area contributed by atoms with Gasteiger partial charge in [-0.1, -0.05) is 62.7 Å². The average molecular weight is 536 g/mol. The molecule has 0 spiro atoms. The van der Waals surface area contributed by atoms with Gasteiger partial charge in [0.25, 0.3) is 0 Å². The highest BCUT2D eigenvalue weighted by Crippen LogP contribution is 2.29. The first-order valence-electron chi connectivity index (χ1n) is 12.1. The van der Waals surface area contributed by atoms with Crippen LogP contribution in [-0.2, 0) is 26.2 Å². The number of carbonyl (C=O) groups excluding carboxylic acids is 2. The predicted molar refractivity (Wildman–Crippen MR) is 147 cm³/mol. The van der Waals surface area contributed by atoms with Crippen molar-refractivity contribution in [2.45, 2.75) is 72.0 Å². The molecule has 2 rings (SSSR count). The molecule has 0 saturated heterocycles. The van der Waals surface area contributed by atoms with E-state index in [1.165, 1.54) is 4.90 Å². The van der Waals surface area contributed by atoms with Crippen molar-refractivity contribution in [3.05, 3.63) is 64.7 Å². The maximum Gasteiger partial charge on any atom is 0.244 e. The molecule has 0 fully saturated rings. The Bertz CT molecular complexity index is 1160. The van der Waals surface area contributed by atoms with Crippen LogP contribution in [0.15, 0.2) is 48.5 Å². The summed E-state index contributed by atoms with van der Waals surface area (Å²) < 4.78 is 26.9. The van der Waals surface area contributed by atoms with E-state index in [2.05, 4.69) is 5.32 Å². The molecule has 0 bridgehead atoms. The fraction of sp³-hybridized carbons (Fsp3) is 0.481. The summed E-state index contributed by atoms with van der Waals surface area (Å²) in [6, 6.07) is 13.4. The van der Waals surface area contributed by atoms with Crippen LogP contribution in [0.3, 0.4) is 0 Å². The molecule has 0 saturated carbocycles. The zero-order chi connectivity index (χ0) is 27.3. The fourth-order valence-electron chi connectivity index (χ4n) is 3.96. The summed E-state index contributed by atoms with van der Waals surface area (Å²) >= 11 is 6.03. The molecule has 0 aliphatic carbocycles. The van der Waals surface area contributed by atoms with E-state index in [-0.39, 0.29) is 18.4 Å². The average Bonchev–Trinajstić information content (AvgIpc) is 2.76. The fourth-order valence-corrected chi connectivity index (χ4v) is 4.95. The van der Waals surface area contributed by atoms with Gasteiger partial charge >= 0.3 is 0 Å². The van der Waals surface area contributed by atoms with Gasteiger partial charge in [-0.2, -0.15) is 0 Å². The maximum absolute atomic E-state index is 13.8. The third-order valence-electron chi connectivity index (χ3n) is 5.66. The number of nitrogens with zero attached hydrogens (tertiary/aromatic N) is 2. The molecule has 0 unspecified atom stereocenters. The van der Waals surface area contributed by atoms with Gasteiger partial charge in [0.2, 0.25) is 21.8 Å². The minimum Gasteiger partial charge on any atom is -0.350 e. The Labute approximate surface area is 220 Å². The molecule has 1 N–H and O–H groups in total. The van der Waals surface area contributed by atoms with E-state index in [9.17, 15) is 18.0 Å². The first kappa shape index (κ1) is 29.6. The van der Waals surface area contributed by atoms with Gasteiger partial charge in [0, 0.05) is 17.1 Å². The van der Waals surface area contributed by atoms with Gasteiger partial charge in [0.05, 0.1) is 11.9 Å². The number of anilines is 1. The number of carbonyl (C=O) groups is 2. The van der Waals surface area contributed by atoms with E-state index in [0.717, 1.165) is 21.7 Å². The van der Waals surface area contributed by atoms with E-state index < -0.39 is 34.1 Å². The Morgan fingerprint density at radius 2 is 1.61 bits per heavy atom. The van der Waals surface area contributed by atoms with Gasteiger partial charge < -0.3 is 10.2 Å². The summed E-state index contributed by atoms with van der Waals surface area (Å²) in [6.07, 6.45) is 1.45. The molecule has 0 aromatic heterocycles. The maximum atomic E-state index is 13.8. The van der Waals surface area contributed by atoms with Gasteiger partial charge in [0.15, 0.2) is 0 Å². The highest BCUT2D eigenvalue weighted by Gasteiger charge is 2.33. The number of hydrogen-bond acceptors (Lipinski definition) is 4. The first-order valence-corrected chi connectivity index (χ1v) is 14.3. The molecule has 36 heavy (non-hydrogen) atoms. The van der Waals surface area contributed by atoms with Crippen molar-refractivity contribution >= 4 is 39.1 Å². The number of halogens is 1. The number of para-hydroxylation sites is 1. The molecule has 2 amide bonds. The molecular formula is C27H38ClN3O4S. The van der Waals surface area contributed by atoms with Gasteiger partial charge in [-0.15, -0.1) is 0 Å². The highest BCUT2D eigenvalue weighted by molar-refractivity contribution is 7.92. The summed E-state index contributed by atoms with van der Waals surface area (Å²) in [6.45, 7) is 11.1. The van der Waals surface area contributed by atoms with Crippen LogP contribution < -0.4 is 9.62 Å². The third kappa shape index (κ3) is 8.23. The normalized spacial score (nSPS) is 12.8. The molecule has 198 valence electrons. The van der Waals surface area contributed by atoms with Gasteiger partial charge in [0.1, 0.15) is 12.6 Å². The molecular weight excluding hydrogens is 498 g/mol. The molecule has 2 aromatic rings. The third-order valence-corrected chi connectivity index (χ3v) is 7.04. The first-order chi connectivity index (χ1) is 16.6. The van der Waals surface area contributed by atoms with Crippen molar-refractivity contribution in [3.8, 4) is 0 Å². The summed E-state index contributed by atoms with van der Waals surface area (Å²) in [5, 5.41) is 3.51. The van der Waals surface area contributed by atoms with Crippen LogP contribution in [0.1, 0.15) is 65.0 Å². The lowest BCUT2D eigenvalue weighted by Crippen LogP contribution is -2.55. The molecule has 7 nitrogen and oxygen atoms in total. The van der Waals surface area contributed by atoms with Crippen LogP contribution in [0.5, 0.6) is 0 Å². The summed E-state index contributed by atoms with van der Waals surface area (Å²) in [5.41, 5.74) is 1.57. The number of benzene rings is 2. The monoisotopic (exact) mass is 535 g/mol. The molecule has 1 atom stereocenters. The van der Waals surface area contributed by atoms with Crippen LogP contribution in [0, 0.1) is 0 Å². The Kier molecular flexibility index (Phi) is 9.97. The summed E-state index contributed by atoms with van der Waals surface area (Å²) in [7, 11) is -3.79. The Morgan fingerprint density at radius 1 is 1.03 bits per heavy atom. The van der Waals surface area contributed by atoms with Gasteiger partial charge in [-0.3, -0.25) is 13.9 Å². The summed E-state index contributed by atoms with van der Waals surface area (Å²) in [4.78, 5) is 28.5. The van der Waals surface area contributed by atoms with Crippen molar-refractivity contribution < 1.29 is 18.0 Å². The van der Waals surface area contributed by atoms with Crippen LogP contribution in [0.2, 0.25) is 5.02 Å². The topological polar surface area (TPSA) is 86.8 Å². The van der Waals surface area contributed by atoms with E-state index >= 15 is 0 Å². The zero-order valence-corrected chi connectivity index (χ0v) is 23.8. The molecule has 0 radical (unpaired) electrons. The lowest BCUT2D eigenvalue weighted by atomic mass is 10.0. The Balaban J connectivity index is 2.51. The van der Waals surface area contributed by atoms with E-state index in [1.54, 1.807) is 36.4 Å². The second-order valence-corrected chi connectivity index (χ2v) is 12.6. The van der Waals surface area contributed by atoms with Crippen molar-refractivity contribution in [2.24, 2.45) is 0 Å². The zero-order valence-electron chi connectivity index (χ0n) is 22.2. The van der Waals surface area contributed by atoms with Crippen LogP contribution >= 0.6 is 11.6 Å². The van der Waals surface area contributed by atoms with Crippen molar-refractivity contribution in [2.75, 3.05) is 17.1 Å². The van der Waals surface area contributed by atoms with Crippen LogP contribution in [-0.4, -0.2) is 49.5 Å². The minimum absolute atomic E-state index is 0.0478. The largest absolute Gasteiger partial charge is 0.350 e. The quantitative estimate of drug-likeness (QED) is 0.466. The molecule has 0 heterocycles. The molecule has 9 heteroatoms. The summed E-state index contributed by atoms with van der Waals surface area (Å²) in [5.74, 6) is -0.711. The van der Waals surface area contributed by atoms with Crippen molar-refractivity contribution in [3.63, 3.8) is 0 Å². The Morgan fingerprint density at radius 3 is 2.11 bits per heavy atom. The lowest BCUT2D eigenvalue weighted by molar-refractivity contribution is -0.141. The van der Waals surface area contributed by atoms with Crippen molar-refractivity contribution in [1.82, 2.24) is 10.2 Å². The SMILES string of the molecule is CC[C@@H](C(=O)NC(C)(C)C)N(Cc1ccc(Cl)cc1)C(=O)CN(c1ccccc1C(C)C)S(C)(=O)=O. The molecule has 2 aromatic carbocycles. The highest BCUT2D eigenvalue weighted by atomic mass is 35.5. The second kappa shape index (κ2) is 12.1. The lowest BCUT2D eigenvalue weighted by Gasteiger charge is -2.35. The van der Waals surface area contributed by atoms with Gasteiger partial charge in [-0.25, -0.2) is 8.42 Å². The number of nitrogens with one attached hydrogen (secondary N) is 1. The van der Waals surface area contributed by atoms with Gasteiger partial charge in [-0.05, 0) is 62.4 Å². The number of hydrogen-bond donors (Lipinski definition) is 1.